The molecule has 1 aromatic carbocycles. The molecule has 6 nitrogen and oxygen atoms in total. The third-order valence-corrected chi connectivity index (χ3v) is 3.48. The Kier molecular flexibility index (Phi) is 4.29. The zero-order valence-electron chi connectivity index (χ0n) is 13.3. The number of rotatable bonds is 4. The van der Waals surface area contributed by atoms with E-state index in [0.29, 0.717) is 10.9 Å². The van der Waals surface area contributed by atoms with Crippen LogP contribution in [0.1, 0.15) is 33.4 Å². The van der Waals surface area contributed by atoms with Gasteiger partial charge in [-0.15, -0.1) is 0 Å². The van der Waals surface area contributed by atoms with Crippen molar-refractivity contribution in [1.29, 1.82) is 0 Å². The number of furan rings is 1. The number of hydrogen-bond acceptors (Lipinski definition) is 5. The van der Waals surface area contributed by atoms with Crippen LogP contribution in [-0.4, -0.2) is 23.5 Å². The number of benzene rings is 1. The molecule has 0 saturated heterocycles. The first-order chi connectivity index (χ1) is 11.6. The Morgan fingerprint density at radius 2 is 1.96 bits per heavy atom. The van der Waals surface area contributed by atoms with E-state index in [0.717, 1.165) is 5.56 Å². The summed E-state index contributed by atoms with van der Waals surface area (Å²) in [4.78, 5) is 28.6. The number of carbonyl (C=O) groups excluding carboxylic acids is 2. The Hall–Kier alpha value is -3.15. The Bertz CT molecular complexity index is 897. The Balaban J connectivity index is 2.00. The molecule has 0 saturated carbocycles. The van der Waals surface area contributed by atoms with Crippen molar-refractivity contribution in [2.45, 2.75) is 13.8 Å². The SMILES string of the molecule is CCOC(=O)c1oc2ncccc2c1NC(=O)c1ccc(C)cc1. The monoisotopic (exact) mass is 324 g/mol. The van der Waals surface area contributed by atoms with Crippen molar-refractivity contribution in [1.82, 2.24) is 4.98 Å². The second kappa shape index (κ2) is 6.54. The van der Waals surface area contributed by atoms with E-state index >= 15 is 0 Å². The summed E-state index contributed by atoms with van der Waals surface area (Å²) in [7, 11) is 0. The number of pyridine rings is 1. The highest BCUT2D eigenvalue weighted by Crippen LogP contribution is 2.30. The molecular formula is C18H16N2O4. The number of amides is 1. The second-order valence-corrected chi connectivity index (χ2v) is 5.20. The van der Waals surface area contributed by atoms with Crippen LogP contribution >= 0.6 is 0 Å². The highest BCUT2D eigenvalue weighted by Gasteiger charge is 2.24. The first-order valence-corrected chi connectivity index (χ1v) is 7.52. The predicted molar refractivity (Wildman–Crippen MR) is 89.1 cm³/mol. The van der Waals surface area contributed by atoms with E-state index < -0.39 is 5.97 Å². The summed E-state index contributed by atoms with van der Waals surface area (Å²) < 4.78 is 10.5. The van der Waals surface area contributed by atoms with Gasteiger partial charge < -0.3 is 14.5 Å². The number of aryl methyl sites for hydroxylation is 1. The minimum atomic E-state index is -0.644. The zero-order valence-corrected chi connectivity index (χ0v) is 13.3. The van der Waals surface area contributed by atoms with Crippen molar-refractivity contribution in [2.75, 3.05) is 11.9 Å². The average molecular weight is 324 g/mol. The van der Waals surface area contributed by atoms with Crippen LogP contribution in [-0.2, 0) is 4.74 Å². The first-order valence-electron chi connectivity index (χ1n) is 7.52. The Labute approximate surface area is 138 Å². The highest BCUT2D eigenvalue weighted by atomic mass is 16.5. The molecule has 0 unspecified atom stereocenters. The Morgan fingerprint density at radius 3 is 2.67 bits per heavy atom. The van der Waals surface area contributed by atoms with E-state index in [1.54, 1.807) is 37.4 Å². The number of carbonyl (C=O) groups is 2. The first kappa shape index (κ1) is 15.7. The van der Waals surface area contributed by atoms with Gasteiger partial charge in [0.25, 0.3) is 5.91 Å². The number of aromatic nitrogens is 1. The van der Waals surface area contributed by atoms with Gasteiger partial charge in [0, 0.05) is 11.8 Å². The molecule has 1 amide bonds. The fraction of sp³-hybridized carbons (Fsp3) is 0.167. The topological polar surface area (TPSA) is 81.4 Å². The number of esters is 1. The van der Waals surface area contributed by atoms with Crippen LogP contribution in [0.4, 0.5) is 5.69 Å². The van der Waals surface area contributed by atoms with Gasteiger partial charge in [-0.1, -0.05) is 17.7 Å². The molecule has 24 heavy (non-hydrogen) atoms. The lowest BCUT2D eigenvalue weighted by Gasteiger charge is -2.06. The van der Waals surface area contributed by atoms with Crippen LogP contribution in [0.2, 0.25) is 0 Å². The maximum atomic E-state index is 12.5. The lowest BCUT2D eigenvalue weighted by Crippen LogP contribution is -2.14. The molecule has 0 bridgehead atoms. The van der Waals surface area contributed by atoms with Crippen LogP contribution in [0, 0.1) is 6.92 Å². The van der Waals surface area contributed by atoms with E-state index in [2.05, 4.69) is 10.3 Å². The van der Waals surface area contributed by atoms with Crippen molar-refractivity contribution in [3.05, 3.63) is 59.5 Å². The second-order valence-electron chi connectivity index (χ2n) is 5.20. The summed E-state index contributed by atoms with van der Waals surface area (Å²) in [5.41, 5.74) is 2.06. The van der Waals surface area contributed by atoms with Crippen LogP contribution < -0.4 is 5.32 Å². The van der Waals surface area contributed by atoms with Gasteiger partial charge in [-0.2, -0.15) is 0 Å². The third kappa shape index (κ3) is 2.99. The van der Waals surface area contributed by atoms with Gasteiger partial charge in [-0.3, -0.25) is 4.79 Å². The number of nitrogens with one attached hydrogen (secondary N) is 1. The maximum Gasteiger partial charge on any atom is 0.376 e. The summed E-state index contributed by atoms with van der Waals surface area (Å²) in [5, 5.41) is 3.28. The largest absolute Gasteiger partial charge is 0.460 e. The number of anilines is 1. The van der Waals surface area contributed by atoms with Crippen molar-refractivity contribution in [2.24, 2.45) is 0 Å². The van der Waals surface area contributed by atoms with Crippen LogP contribution in [0.15, 0.2) is 47.0 Å². The molecule has 1 N–H and O–H groups in total. The smallest absolute Gasteiger partial charge is 0.376 e. The van der Waals surface area contributed by atoms with Gasteiger partial charge in [0.05, 0.1) is 12.0 Å². The van der Waals surface area contributed by atoms with Crippen LogP contribution in [0.3, 0.4) is 0 Å². The number of fused-ring (bicyclic) bond motifs is 1. The summed E-state index contributed by atoms with van der Waals surface area (Å²) in [6.07, 6.45) is 1.55. The molecule has 0 atom stereocenters. The van der Waals surface area contributed by atoms with Gasteiger partial charge in [0.2, 0.25) is 11.5 Å². The van der Waals surface area contributed by atoms with Gasteiger partial charge >= 0.3 is 5.97 Å². The number of ether oxygens (including phenoxy) is 1. The van der Waals surface area contributed by atoms with Gasteiger partial charge in [0.15, 0.2) is 0 Å². The molecule has 0 aliphatic rings. The summed E-state index contributed by atoms with van der Waals surface area (Å²) in [6.45, 7) is 3.84. The maximum absolute atomic E-state index is 12.5. The lowest BCUT2D eigenvalue weighted by molar-refractivity contribution is 0.0494. The summed E-state index contributed by atoms with van der Waals surface area (Å²) in [5.74, 6) is -1.05. The van der Waals surface area contributed by atoms with Crippen molar-refractivity contribution >= 4 is 28.7 Å². The quantitative estimate of drug-likeness (QED) is 0.742. The van der Waals surface area contributed by atoms with E-state index in [4.69, 9.17) is 9.15 Å². The fourth-order valence-corrected chi connectivity index (χ4v) is 2.29. The highest BCUT2D eigenvalue weighted by molar-refractivity contribution is 6.13. The van der Waals surface area contributed by atoms with Crippen molar-refractivity contribution in [3.8, 4) is 0 Å². The van der Waals surface area contributed by atoms with Crippen LogP contribution in [0.25, 0.3) is 11.1 Å². The molecule has 0 aliphatic carbocycles. The lowest BCUT2D eigenvalue weighted by atomic mass is 10.1. The molecule has 3 rings (SSSR count). The van der Waals surface area contributed by atoms with E-state index in [9.17, 15) is 9.59 Å². The molecule has 2 heterocycles. The molecule has 2 aromatic heterocycles. The van der Waals surface area contributed by atoms with E-state index in [-0.39, 0.29) is 29.7 Å². The molecule has 3 aromatic rings. The molecule has 0 radical (unpaired) electrons. The molecule has 6 heteroatoms. The molecular weight excluding hydrogens is 308 g/mol. The van der Waals surface area contributed by atoms with E-state index in [1.165, 1.54) is 0 Å². The van der Waals surface area contributed by atoms with Gasteiger partial charge in [0.1, 0.15) is 5.69 Å². The standard InChI is InChI=1S/C18H16N2O4/c1-3-23-18(22)15-14(13-5-4-10-19-17(13)24-15)20-16(21)12-8-6-11(2)7-9-12/h4-10H,3H2,1-2H3,(H,20,21). The minimum absolute atomic E-state index is 0.0639. The van der Waals surface area contributed by atoms with Crippen molar-refractivity contribution in [3.63, 3.8) is 0 Å². The zero-order chi connectivity index (χ0) is 17.1. The Morgan fingerprint density at radius 1 is 1.21 bits per heavy atom. The minimum Gasteiger partial charge on any atom is -0.460 e. The third-order valence-electron chi connectivity index (χ3n) is 3.48. The van der Waals surface area contributed by atoms with E-state index in [1.807, 2.05) is 19.1 Å². The van der Waals surface area contributed by atoms with Crippen LogP contribution in [0.5, 0.6) is 0 Å². The molecule has 0 spiro atoms. The molecule has 122 valence electrons. The normalized spacial score (nSPS) is 10.6. The number of hydrogen-bond donors (Lipinski definition) is 1. The predicted octanol–water partition coefficient (Wildman–Crippen LogP) is 3.57. The van der Waals surface area contributed by atoms with Gasteiger partial charge in [-0.25, -0.2) is 9.78 Å². The average Bonchev–Trinajstić information content (AvgIpc) is 2.94. The fourth-order valence-electron chi connectivity index (χ4n) is 2.29. The molecule has 0 aliphatic heterocycles. The number of nitrogens with zero attached hydrogens (tertiary/aromatic N) is 1. The van der Waals surface area contributed by atoms with Crippen molar-refractivity contribution < 1.29 is 18.7 Å². The molecule has 0 fully saturated rings. The summed E-state index contributed by atoms with van der Waals surface area (Å²) >= 11 is 0. The van der Waals surface area contributed by atoms with Gasteiger partial charge in [-0.05, 0) is 38.1 Å². The summed E-state index contributed by atoms with van der Waals surface area (Å²) in [6, 6.07) is 10.5.